The Morgan fingerprint density at radius 1 is 1.25 bits per heavy atom. The van der Waals surface area contributed by atoms with Crippen molar-refractivity contribution in [2.45, 2.75) is 6.18 Å². The molecule has 0 atom stereocenters. The summed E-state index contributed by atoms with van der Waals surface area (Å²) in [4.78, 5) is 0. The number of benzene rings is 1. The van der Waals surface area contributed by atoms with E-state index >= 15 is 0 Å². The highest BCUT2D eigenvalue weighted by Crippen LogP contribution is 2.38. The molecule has 106 valence electrons. The Bertz CT molecular complexity index is 623. The SMILES string of the molecule is CNC(=N)Nc1nnc(-c2ccccc2C(F)(F)F)s1. The van der Waals surface area contributed by atoms with E-state index < -0.39 is 11.7 Å². The van der Waals surface area contributed by atoms with E-state index in [1.165, 1.54) is 25.2 Å². The van der Waals surface area contributed by atoms with Crippen LogP contribution in [0.4, 0.5) is 18.3 Å². The van der Waals surface area contributed by atoms with Gasteiger partial charge in [0.05, 0.1) is 5.56 Å². The predicted octanol–water partition coefficient (Wildman–Crippen LogP) is 2.79. The zero-order valence-electron chi connectivity index (χ0n) is 10.2. The highest BCUT2D eigenvalue weighted by molar-refractivity contribution is 7.18. The molecule has 0 fully saturated rings. The Hall–Kier alpha value is -2.16. The minimum absolute atomic E-state index is 0.0168. The molecule has 0 unspecified atom stereocenters. The first-order valence-corrected chi connectivity index (χ1v) is 6.27. The van der Waals surface area contributed by atoms with Gasteiger partial charge in [0, 0.05) is 12.6 Å². The molecule has 5 nitrogen and oxygen atoms in total. The Morgan fingerprint density at radius 3 is 2.60 bits per heavy atom. The van der Waals surface area contributed by atoms with E-state index in [1.807, 2.05) is 0 Å². The molecule has 0 spiro atoms. The molecule has 0 saturated heterocycles. The van der Waals surface area contributed by atoms with Crippen molar-refractivity contribution in [2.75, 3.05) is 12.4 Å². The predicted molar refractivity (Wildman–Crippen MR) is 70.8 cm³/mol. The van der Waals surface area contributed by atoms with Crippen LogP contribution in [0.2, 0.25) is 0 Å². The summed E-state index contributed by atoms with van der Waals surface area (Å²) in [7, 11) is 1.54. The number of nitrogens with zero attached hydrogens (tertiary/aromatic N) is 2. The normalized spacial score (nSPS) is 11.2. The second-order valence-corrected chi connectivity index (χ2v) is 4.68. The van der Waals surface area contributed by atoms with E-state index in [9.17, 15) is 13.2 Å². The molecule has 20 heavy (non-hydrogen) atoms. The van der Waals surface area contributed by atoms with Crippen LogP contribution >= 0.6 is 11.3 Å². The first-order valence-electron chi connectivity index (χ1n) is 5.45. The van der Waals surface area contributed by atoms with Gasteiger partial charge in [-0.25, -0.2) is 0 Å². The molecule has 0 saturated carbocycles. The summed E-state index contributed by atoms with van der Waals surface area (Å²) in [6, 6.07) is 5.17. The number of aromatic nitrogens is 2. The molecule has 1 aromatic carbocycles. The molecule has 2 aromatic rings. The van der Waals surface area contributed by atoms with Crippen LogP contribution in [-0.2, 0) is 6.18 Å². The first kappa shape index (κ1) is 14.3. The second-order valence-electron chi connectivity index (χ2n) is 3.71. The molecule has 0 radical (unpaired) electrons. The van der Waals surface area contributed by atoms with Crippen LogP contribution < -0.4 is 10.6 Å². The minimum atomic E-state index is -4.45. The monoisotopic (exact) mass is 301 g/mol. The first-order chi connectivity index (χ1) is 9.41. The number of anilines is 1. The fraction of sp³-hybridized carbons (Fsp3) is 0.182. The smallest absolute Gasteiger partial charge is 0.359 e. The highest BCUT2D eigenvalue weighted by Gasteiger charge is 2.34. The Kier molecular flexibility index (Phi) is 3.89. The summed E-state index contributed by atoms with van der Waals surface area (Å²) < 4.78 is 38.7. The third kappa shape index (κ3) is 3.05. The van der Waals surface area contributed by atoms with E-state index in [-0.39, 0.29) is 21.7 Å². The summed E-state index contributed by atoms with van der Waals surface area (Å²) in [6.45, 7) is 0. The third-order valence-electron chi connectivity index (χ3n) is 2.37. The molecule has 0 amide bonds. The van der Waals surface area contributed by atoms with Crippen molar-refractivity contribution < 1.29 is 13.2 Å². The Morgan fingerprint density at radius 2 is 1.95 bits per heavy atom. The van der Waals surface area contributed by atoms with E-state index in [0.717, 1.165) is 17.4 Å². The van der Waals surface area contributed by atoms with Gasteiger partial charge in [-0.15, -0.1) is 10.2 Å². The van der Waals surface area contributed by atoms with Crippen molar-refractivity contribution in [3.63, 3.8) is 0 Å². The van der Waals surface area contributed by atoms with Crippen molar-refractivity contribution in [2.24, 2.45) is 0 Å². The molecule has 3 N–H and O–H groups in total. The molecule has 0 aliphatic heterocycles. The van der Waals surface area contributed by atoms with Crippen molar-refractivity contribution >= 4 is 22.4 Å². The van der Waals surface area contributed by atoms with Crippen molar-refractivity contribution in [3.05, 3.63) is 29.8 Å². The van der Waals surface area contributed by atoms with Crippen LogP contribution in [0, 0.1) is 5.41 Å². The summed E-state index contributed by atoms with van der Waals surface area (Å²) >= 11 is 0.946. The zero-order chi connectivity index (χ0) is 14.8. The maximum absolute atomic E-state index is 12.9. The van der Waals surface area contributed by atoms with Gasteiger partial charge in [0.25, 0.3) is 0 Å². The van der Waals surface area contributed by atoms with Gasteiger partial charge < -0.3 is 10.6 Å². The lowest BCUT2D eigenvalue weighted by molar-refractivity contribution is -0.137. The summed E-state index contributed by atoms with van der Waals surface area (Å²) in [5.74, 6) is -0.0168. The number of hydrogen-bond acceptors (Lipinski definition) is 4. The molecule has 9 heteroatoms. The van der Waals surface area contributed by atoms with Crippen molar-refractivity contribution in [3.8, 4) is 10.6 Å². The number of alkyl halides is 3. The maximum Gasteiger partial charge on any atom is 0.417 e. The summed E-state index contributed by atoms with van der Waals surface area (Å²) in [5, 5.41) is 20.3. The van der Waals surface area contributed by atoms with Gasteiger partial charge in [0.1, 0.15) is 5.01 Å². The number of guanidine groups is 1. The van der Waals surface area contributed by atoms with E-state index in [2.05, 4.69) is 20.8 Å². The fourth-order valence-corrected chi connectivity index (χ4v) is 2.26. The molecule has 1 aromatic heterocycles. The average molecular weight is 301 g/mol. The van der Waals surface area contributed by atoms with Crippen LogP contribution in [0.3, 0.4) is 0 Å². The molecule has 0 aliphatic carbocycles. The Balaban J connectivity index is 2.36. The lowest BCUT2D eigenvalue weighted by Crippen LogP contribution is -2.25. The number of halogens is 3. The average Bonchev–Trinajstić information content (AvgIpc) is 2.86. The molecule has 2 rings (SSSR count). The fourth-order valence-electron chi connectivity index (χ4n) is 1.47. The lowest BCUT2D eigenvalue weighted by Gasteiger charge is -2.09. The topological polar surface area (TPSA) is 73.7 Å². The van der Waals surface area contributed by atoms with Crippen molar-refractivity contribution in [1.82, 2.24) is 15.5 Å². The highest BCUT2D eigenvalue weighted by atomic mass is 32.1. The van der Waals surface area contributed by atoms with E-state index in [0.29, 0.717) is 0 Å². The number of rotatable bonds is 2. The molecular weight excluding hydrogens is 291 g/mol. The molecule has 0 aliphatic rings. The van der Waals surface area contributed by atoms with Crippen LogP contribution in [0.1, 0.15) is 5.56 Å². The van der Waals surface area contributed by atoms with Gasteiger partial charge in [0.2, 0.25) is 5.13 Å². The van der Waals surface area contributed by atoms with Gasteiger partial charge in [-0.05, 0) is 6.07 Å². The summed E-state index contributed by atoms with van der Waals surface area (Å²) in [5.41, 5.74) is -0.784. The van der Waals surface area contributed by atoms with Crippen LogP contribution in [0.25, 0.3) is 10.6 Å². The Labute approximate surface area is 116 Å². The standard InChI is InChI=1S/C11H10F3N5S/c1-16-9(15)17-10-19-18-8(20-10)6-4-2-3-5-7(6)11(12,13)14/h2-5H,1H3,(H3,15,16,17,19). The molecular formula is C11H10F3N5S. The van der Waals surface area contributed by atoms with Gasteiger partial charge in [-0.1, -0.05) is 29.5 Å². The molecule has 0 bridgehead atoms. The molecule has 1 heterocycles. The minimum Gasteiger partial charge on any atom is -0.359 e. The van der Waals surface area contributed by atoms with Gasteiger partial charge in [-0.2, -0.15) is 13.2 Å². The van der Waals surface area contributed by atoms with Crippen LogP contribution in [0.5, 0.6) is 0 Å². The van der Waals surface area contributed by atoms with Crippen molar-refractivity contribution in [1.29, 1.82) is 5.41 Å². The second kappa shape index (κ2) is 5.45. The van der Waals surface area contributed by atoms with Gasteiger partial charge >= 0.3 is 6.18 Å². The third-order valence-corrected chi connectivity index (χ3v) is 3.24. The van der Waals surface area contributed by atoms with Crippen LogP contribution in [0.15, 0.2) is 24.3 Å². The van der Waals surface area contributed by atoms with Crippen LogP contribution in [-0.4, -0.2) is 23.2 Å². The zero-order valence-corrected chi connectivity index (χ0v) is 11.1. The van der Waals surface area contributed by atoms with E-state index in [4.69, 9.17) is 5.41 Å². The quantitative estimate of drug-likeness (QED) is 0.589. The van der Waals surface area contributed by atoms with Gasteiger partial charge in [0.15, 0.2) is 5.96 Å². The number of hydrogen-bond donors (Lipinski definition) is 3. The summed E-state index contributed by atoms with van der Waals surface area (Å²) in [6.07, 6.45) is -4.45. The number of nitrogens with one attached hydrogen (secondary N) is 3. The largest absolute Gasteiger partial charge is 0.417 e. The maximum atomic E-state index is 12.9. The lowest BCUT2D eigenvalue weighted by atomic mass is 10.1. The van der Waals surface area contributed by atoms with Gasteiger partial charge in [-0.3, -0.25) is 5.41 Å². The van der Waals surface area contributed by atoms with E-state index in [1.54, 1.807) is 0 Å².